The zero-order valence-electron chi connectivity index (χ0n) is 13.4. The van der Waals surface area contributed by atoms with Gasteiger partial charge in [0.25, 0.3) is 0 Å². The van der Waals surface area contributed by atoms with Crippen LogP contribution in [0, 0.1) is 11.8 Å². The van der Waals surface area contributed by atoms with Gasteiger partial charge in [0, 0.05) is 44.4 Å². The van der Waals surface area contributed by atoms with Gasteiger partial charge in [-0.1, -0.05) is 6.42 Å². The Kier molecular flexibility index (Phi) is 4.27. The number of rotatable bonds is 3. The second kappa shape index (κ2) is 6.36. The van der Waals surface area contributed by atoms with Gasteiger partial charge in [-0.3, -0.25) is 4.90 Å². The van der Waals surface area contributed by atoms with Gasteiger partial charge in [0.15, 0.2) is 0 Å². The SMILES string of the molecule is O=C(NC1CCOCC1)NC1C2CCCC1CN(C1CC1)C2. The number of urea groups is 1. The minimum Gasteiger partial charge on any atom is -0.381 e. The van der Waals surface area contributed by atoms with Crippen molar-refractivity contribution in [1.82, 2.24) is 15.5 Å². The van der Waals surface area contributed by atoms with Crippen LogP contribution in [0.4, 0.5) is 4.79 Å². The standard InChI is InChI=1S/C17H29N3O2/c21-17(18-14-6-8-22-9-7-14)19-16-12-2-1-3-13(16)11-20(10-12)15-4-5-15/h12-16H,1-11H2,(H2,18,19,21). The first kappa shape index (κ1) is 14.8. The summed E-state index contributed by atoms with van der Waals surface area (Å²) in [5.74, 6) is 1.32. The average Bonchev–Trinajstić information content (AvgIpc) is 3.32. The van der Waals surface area contributed by atoms with Crippen molar-refractivity contribution in [3.8, 4) is 0 Å². The molecule has 2 aliphatic carbocycles. The van der Waals surface area contributed by atoms with Crippen LogP contribution >= 0.6 is 0 Å². The lowest BCUT2D eigenvalue weighted by molar-refractivity contribution is 0.0451. The Morgan fingerprint density at radius 1 is 0.909 bits per heavy atom. The van der Waals surface area contributed by atoms with Crippen LogP contribution in [0.3, 0.4) is 0 Å². The van der Waals surface area contributed by atoms with E-state index in [1.54, 1.807) is 0 Å². The quantitative estimate of drug-likeness (QED) is 0.835. The molecule has 4 fully saturated rings. The monoisotopic (exact) mass is 307 g/mol. The van der Waals surface area contributed by atoms with Gasteiger partial charge in [-0.2, -0.15) is 0 Å². The van der Waals surface area contributed by atoms with Crippen LogP contribution in [-0.2, 0) is 4.74 Å². The predicted octanol–water partition coefficient (Wildman–Crippen LogP) is 1.73. The molecule has 2 bridgehead atoms. The molecule has 0 spiro atoms. The van der Waals surface area contributed by atoms with Gasteiger partial charge in [0.2, 0.25) is 0 Å². The van der Waals surface area contributed by atoms with E-state index in [9.17, 15) is 4.79 Å². The zero-order valence-corrected chi connectivity index (χ0v) is 13.4. The number of fused-ring (bicyclic) bond motifs is 2. The fourth-order valence-corrected chi connectivity index (χ4v) is 4.67. The molecule has 0 aromatic rings. The number of carbonyl (C=O) groups excluding carboxylic acids is 1. The molecule has 2 unspecified atom stereocenters. The van der Waals surface area contributed by atoms with Crippen molar-refractivity contribution in [1.29, 1.82) is 0 Å². The molecule has 2 N–H and O–H groups in total. The van der Waals surface area contributed by atoms with Gasteiger partial charge < -0.3 is 15.4 Å². The number of nitrogens with one attached hydrogen (secondary N) is 2. The fourth-order valence-electron chi connectivity index (χ4n) is 4.67. The lowest BCUT2D eigenvalue weighted by Gasteiger charge is -2.47. The number of amides is 2. The van der Waals surface area contributed by atoms with Crippen molar-refractivity contribution >= 4 is 6.03 Å². The van der Waals surface area contributed by atoms with Gasteiger partial charge in [0.1, 0.15) is 0 Å². The van der Waals surface area contributed by atoms with Crippen LogP contribution < -0.4 is 10.6 Å². The third-order valence-corrected chi connectivity index (χ3v) is 6.02. The minimum absolute atomic E-state index is 0.0497. The summed E-state index contributed by atoms with van der Waals surface area (Å²) < 4.78 is 5.35. The molecular weight excluding hydrogens is 278 g/mol. The number of nitrogens with zero attached hydrogens (tertiary/aromatic N) is 1. The van der Waals surface area contributed by atoms with E-state index in [2.05, 4.69) is 15.5 Å². The Hall–Kier alpha value is -0.810. The van der Waals surface area contributed by atoms with Crippen LogP contribution in [0.25, 0.3) is 0 Å². The van der Waals surface area contributed by atoms with Crippen LogP contribution in [0.5, 0.6) is 0 Å². The molecule has 4 aliphatic rings. The first-order valence-corrected chi connectivity index (χ1v) is 9.18. The topological polar surface area (TPSA) is 53.6 Å². The van der Waals surface area contributed by atoms with E-state index in [-0.39, 0.29) is 6.03 Å². The number of hydrogen-bond donors (Lipinski definition) is 2. The number of carbonyl (C=O) groups is 1. The van der Waals surface area contributed by atoms with E-state index >= 15 is 0 Å². The summed E-state index contributed by atoms with van der Waals surface area (Å²) in [7, 11) is 0. The van der Waals surface area contributed by atoms with Crippen molar-refractivity contribution < 1.29 is 9.53 Å². The molecule has 0 radical (unpaired) electrons. The molecule has 2 saturated heterocycles. The lowest BCUT2D eigenvalue weighted by atomic mass is 9.73. The predicted molar refractivity (Wildman–Crippen MR) is 84.7 cm³/mol. The first-order chi connectivity index (χ1) is 10.8. The molecule has 4 rings (SSSR count). The molecular formula is C17H29N3O2. The summed E-state index contributed by atoms with van der Waals surface area (Å²) >= 11 is 0. The Morgan fingerprint density at radius 2 is 1.59 bits per heavy atom. The van der Waals surface area contributed by atoms with E-state index in [4.69, 9.17) is 4.74 Å². The number of ether oxygens (including phenoxy) is 1. The molecule has 0 aromatic heterocycles. The minimum atomic E-state index is 0.0497. The van der Waals surface area contributed by atoms with Gasteiger partial charge in [-0.15, -0.1) is 0 Å². The zero-order chi connectivity index (χ0) is 14.9. The third-order valence-electron chi connectivity index (χ3n) is 6.02. The Balaban J connectivity index is 1.32. The van der Waals surface area contributed by atoms with Gasteiger partial charge in [0.05, 0.1) is 0 Å². The number of piperidine rings is 1. The molecule has 5 heteroatoms. The highest BCUT2D eigenvalue weighted by molar-refractivity contribution is 5.74. The van der Waals surface area contributed by atoms with Crippen molar-refractivity contribution in [2.45, 2.75) is 63.1 Å². The van der Waals surface area contributed by atoms with Gasteiger partial charge in [-0.05, 0) is 50.4 Å². The molecule has 5 nitrogen and oxygen atoms in total. The Morgan fingerprint density at radius 3 is 2.23 bits per heavy atom. The fraction of sp³-hybridized carbons (Fsp3) is 0.941. The molecule has 2 amide bonds. The summed E-state index contributed by atoms with van der Waals surface area (Å²) in [5, 5.41) is 6.49. The summed E-state index contributed by atoms with van der Waals surface area (Å²) in [4.78, 5) is 15.1. The third kappa shape index (κ3) is 3.25. The summed E-state index contributed by atoms with van der Waals surface area (Å²) in [5.41, 5.74) is 0. The maximum Gasteiger partial charge on any atom is 0.315 e. The van der Waals surface area contributed by atoms with Gasteiger partial charge in [-0.25, -0.2) is 4.79 Å². The van der Waals surface area contributed by atoms with Gasteiger partial charge >= 0.3 is 6.03 Å². The lowest BCUT2D eigenvalue weighted by Crippen LogP contribution is -2.60. The summed E-state index contributed by atoms with van der Waals surface area (Å²) in [6.07, 6.45) is 8.57. The van der Waals surface area contributed by atoms with E-state index in [0.29, 0.717) is 23.9 Å². The Labute approximate surface area is 133 Å². The highest BCUT2D eigenvalue weighted by Crippen LogP contribution is 2.39. The van der Waals surface area contributed by atoms with Crippen molar-refractivity contribution in [3.05, 3.63) is 0 Å². The van der Waals surface area contributed by atoms with Crippen LogP contribution in [0.1, 0.15) is 44.9 Å². The van der Waals surface area contributed by atoms with E-state index in [1.807, 2.05) is 0 Å². The normalized spacial score (nSPS) is 36.8. The molecule has 124 valence electrons. The average molecular weight is 307 g/mol. The second-order valence-corrected chi connectivity index (χ2v) is 7.67. The maximum atomic E-state index is 12.4. The highest BCUT2D eigenvalue weighted by atomic mass is 16.5. The molecule has 2 aliphatic heterocycles. The molecule has 0 aromatic carbocycles. The van der Waals surface area contributed by atoms with Crippen LogP contribution in [-0.4, -0.2) is 55.4 Å². The largest absolute Gasteiger partial charge is 0.381 e. The maximum absolute atomic E-state index is 12.4. The number of likely N-dealkylation sites (tertiary alicyclic amines) is 1. The van der Waals surface area contributed by atoms with Crippen LogP contribution in [0.2, 0.25) is 0 Å². The molecule has 22 heavy (non-hydrogen) atoms. The molecule has 2 saturated carbocycles. The van der Waals surface area contributed by atoms with E-state index in [0.717, 1.165) is 32.1 Å². The van der Waals surface area contributed by atoms with E-state index < -0.39 is 0 Å². The number of hydrogen-bond acceptors (Lipinski definition) is 3. The highest BCUT2D eigenvalue weighted by Gasteiger charge is 2.44. The second-order valence-electron chi connectivity index (χ2n) is 7.67. The van der Waals surface area contributed by atoms with E-state index in [1.165, 1.54) is 45.2 Å². The van der Waals surface area contributed by atoms with Crippen molar-refractivity contribution in [3.63, 3.8) is 0 Å². The first-order valence-electron chi connectivity index (χ1n) is 9.18. The smallest absolute Gasteiger partial charge is 0.315 e. The summed E-state index contributed by atoms with van der Waals surface area (Å²) in [6, 6.07) is 1.59. The van der Waals surface area contributed by atoms with Crippen LogP contribution in [0.15, 0.2) is 0 Å². The Bertz CT molecular complexity index is 393. The molecule has 2 heterocycles. The molecule has 2 atom stereocenters. The summed E-state index contributed by atoms with van der Waals surface area (Å²) in [6.45, 7) is 3.94. The van der Waals surface area contributed by atoms with Crippen molar-refractivity contribution in [2.24, 2.45) is 11.8 Å². The van der Waals surface area contributed by atoms with Crippen molar-refractivity contribution in [2.75, 3.05) is 26.3 Å².